The molecule has 120 valence electrons. The fourth-order valence-electron chi connectivity index (χ4n) is 3.57. The molecule has 3 heteroatoms. The van der Waals surface area contributed by atoms with Gasteiger partial charge in [0.2, 0.25) is 0 Å². The Morgan fingerprint density at radius 3 is 2.04 bits per heavy atom. The van der Waals surface area contributed by atoms with E-state index >= 15 is 0 Å². The molecule has 3 nitrogen and oxygen atoms in total. The second-order valence-electron chi connectivity index (χ2n) is 6.52. The van der Waals surface area contributed by atoms with Gasteiger partial charge in [-0.25, -0.2) is 0 Å². The molecule has 2 fully saturated rings. The highest BCUT2D eigenvalue weighted by Crippen LogP contribution is 2.37. The second-order valence-corrected chi connectivity index (χ2v) is 6.52. The molecule has 2 aliphatic rings. The zero-order valence-corrected chi connectivity index (χ0v) is 13.3. The van der Waals surface area contributed by atoms with E-state index in [-0.39, 0.29) is 6.04 Å². The molecule has 3 atom stereocenters. The van der Waals surface area contributed by atoms with Gasteiger partial charge in [0.1, 0.15) is 0 Å². The first-order chi connectivity index (χ1) is 11.3. The highest BCUT2D eigenvalue weighted by Gasteiger charge is 2.41. The normalized spacial score (nSPS) is 31.1. The van der Waals surface area contributed by atoms with Gasteiger partial charge in [-0.2, -0.15) is 0 Å². The van der Waals surface area contributed by atoms with E-state index < -0.39 is 5.79 Å². The van der Waals surface area contributed by atoms with Crippen LogP contribution in [-0.2, 0) is 9.47 Å². The van der Waals surface area contributed by atoms with Crippen molar-refractivity contribution in [2.75, 3.05) is 19.8 Å². The largest absolute Gasteiger partial charge is 0.348 e. The van der Waals surface area contributed by atoms with E-state index in [1.165, 1.54) is 11.1 Å². The zero-order valence-electron chi connectivity index (χ0n) is 13.3. The van der Waals surface area contributed by atoms with Crippen LogP contribution < -0.4 is 5.32 Å². The van der Waals surface area contributed by atoms with Crippen molar-refractivity contribution in [3.8, 4) is 0 Å². The number of ether oxygens (including phenoxy) is 2. The summed E-state index contributed by atoms with van der Waals surface area (Å²) >= 11 is 0. The Labute approximate surface area is 137 Å². The lowest BCUT2D eigenvalue weighted by molar-refractivity contribution is -0.273. The summed E-state index contributed by atoms with van der Waals surface area (Å²) in [5, 5.41) is 3.60. The Morgan fingerprint density at radius 2 is 1.48 bits per heavy atom. The Morgan fingerprint density at radius 1 is 0.826 bits per heavy atom. The first-order valence-corrected chi connectivity index (χ1v) is 8.46. The van der Waals surface area contributed by atoms with Gasteiger partial charge in [0.05, 0.1) is 25.8 Å². The Bertz CT molecular complexity index is 552. The van der Waals surface area contributed by atoms with E-state index in [4.69, 9.17) is 9.47 Å². The average molecular weight is 309 g/mol. The molecule has 2 aliphatic heterocycles. The monoisotopic (exact) mass is 309 g/mol. The van der Waals surface area contributed by atoms with Crippen molar-refractivity contribution in [3.63, 3.8) is 0 Å². The minimum atomic E-state index is -0.434. The van der Waals surface area contributed by atoms with Gasteiger partial charge < -0.3 is 14.8 Å². The van der Waals surface area contributed by atoms with Crippen molar-refractivity contribution >= 4 is 0 Å². The molecule has 2 aromatic carbocycles. The van der Waals surface area contributed by atoms with Crippen molar-refractivity contribution in [1.29, 1.82) is 0 Å². The molecular formula is C20H23NO2. The lowest BCUT2D eigenvalue weighted by Crippen LogP contribution is -2.54. The van der Waals surface area contributed by atoms with Crippen molar-refractivity contribution in [1.82, 2.24) is 5.32 Å². The molecule has 0 aliphatic carbocycles. The molecule has 2 aromatic rings. The van der Waals surface area contributed by atoms with Crippen LogP contribution in [0.4, 0.5) is 0 Å². The summed E-state index contributed by atoms with van der Waals surface area (Å²) in [5.74, 6) is 0.0496. The molecule has 2 heterocycles. The number of morpholine rings is 1. The molecule has 4 rings (SSSR count). The van der Waals surface area contributed by atoms with Gasteiger partial charge in [0.25, 0.3) is 0 Å². The maximum absolute atomic E-state index is 6.17. The summed E-state index contributed by atoms with van der Waals surface area (Å²) in [5.41, 5.74) is 2.65. The number of rotatable bonds is 2. The van der Waals surface area contributed by atoms with Crippen LogP contribution in [0.5, 0.6) is 0 Å². The van der Waals surface area contributed by atoms with Crippen LogP contribution in [0.25, 0.3) is 0 Å². The SMILES string of the molecule is c1ccc([C@@H]2CCC3(CN[C@@H](c4ccccc4)CO3)OC2)cc1. The summed E-state index contributed by atoms with van der Waals surface area (Å²) in [6.07, 6.45) is 2.06. The van der Waals surface area contributed by atoms with Crippen molar-refractivity contribution < 1.29 is 9.47 Å². The average Bonchev–Trinajstić information content (AvgIpc) is 2.65. The Kier molecular flexibility index (Phi) is 4.17. The maximum Gasteiger partial charge on any atom is 0.180 e. The quantitative estimate of drug-likeness (QED) is 0.919. The summed E-state index contributed by atoms with van der Waals surface area (Å²) in [7, 11) is 0. The van der Waals surface area contributed by atoms with Gasteiger partial charge in [0, 0.05) is 12.3 Å². The van der Waals surface area contributed by atoms with E-state index in [2.05, 4.69) is 59.9 Å². The summed E-state index contributed by atoms with van der Waals surface area (Å²) < 4.78 is 12.3. The van der Waals surface area contributed by atoms with Crippen LogP contribution >= 0.6 is 0 Å². The molecule has 1 N–H and O–H groups in total. The van der Waals surface area contributed by atoms with Gasteiger partial charge in [-0.1, -0.05) is 60.7 Å². The third kappa shape index (κ3) is 3.18. The minimum Gasteiger partial charge on any atom is -0.348 e. The summed E-state index contributed by atoms with van der Waals surface area (Å²) in [6.45, 7) is 2.16. The van der Waals surface area contributed by atoms with Crippen molar-refractivity contribution in [2.24, 2.45) is 0 Å². The molecule has 0 bridgehead atoms. The predicted molar refractivity (Wildman–Crippen MR) is 90.2 cm³/mol. The molecule has 1 unspecified atom stereocenters. The van der Waals surface area contributed by atoms with Crippen LogP contribution in [0.3, 0.4) is 0 Å². The lowest BCUT2D eigenvalue weighted by atomic mass is 9.89. The van der Waals surface area contributed by atoms with Crippen LogP contribution in [0, 0.1) is 0 Å². The Balaban J connectivity index is 1.36. The second kappa shape index (κ2) is 6.44. The topological polar surface area (TPSA) is 30.5 Å². The van der Waals surface area contributed by atoms with Crippen molar-refractivity contribution in [3.05, 3.63) is 71.8 Å². The van der Waals surface area contributed by atoms with Crippen molar-refractivity contribution in [2.45, 2.75) is 30.6 Å². The van der Waals surface area contributed by atoms with E-state index in [1.807, 2.05) is 6.07 Å². The van der Waals surface area contributed by atoms with E-state index in [0.717, 1.165) is 26.0 Å². The first kappa shape index (κ1) is 14.9. The number of benzene rings is 2. The fraction of sp³-hybridized carbons (Fsp3) is 0.400. The smallest absolute Gasteiger partial charge is 0.180 e. The molecule has 0 radical (unpaired) electrons. The van der Waals surface area contributed by atoms with Gasteiger partial charge in [0.15, 0.2) is 5.79 Å². The van der Waals surface area contributed by atoms with E-state index in [0.29, 0.717) is 12.5 Å². The van der Waals surface area contributed by atoms with E-state index in [1.54, 1.807) is 0 Å². The molecule has 23 heavy (non-hydrogen) atoms. The van der Waals surface area contributed by atoms with Gasteiger partial charge in [-0.05, 0) is 17.5 Å². The zero-order chi connectivity index (χ0) is 15.5. The number of hydrogen-bond acceptors (Lipinski definition) is 3. The molecule has 0 saturated carbocycles. The molecule has 0 aromatic heterocycles. The van der Waals surface area contributed by atoms with Gasteiger partial charge in [-0.15, -0.1) is 0 Å². The third-order valence-electron chi connectivity index (χ3n) is 5.03. The molecular weight excluding hydrogens is 286 g/mol. The minimum absolute atomic E-state index is 0.261. The van der Waals surface area contributed by atoms with Crippen LogP contribution in [-0.4, -0.2) is 25.5 Å². The number of nitrogens with one attached hydrogen (secondary N) is 1. The van der Waals surface area contributed by atoms with Crippen LogP contribution in [0.1, 0.15) is 35.9 Å². The van der Waals surface area contributed by atoms with Gasteiger partial charge >= 0.3 is 0 Å². The third-order valence-corrected chi connectivity index (χ3v) is 5.03. The fourth-order valence-corrected chi connectivity index (χ4v) is 3.57. The first-order valence-electron chi connectivity index (χ1n) is 8.46. The highest BCUT2D eigenvalue weighted by atomic mass is 16.7. The standard InChI is InChI=1S/C20H23NO2/c1-3-7-16(8-4-1)18-11-12-20(22-13-18)15-21-19(14-23-20)17-9-5-2-6-10-17/h1-10,18-19,21H,11-15H2/t18-,19-,20?/m1/s1. The Hall–Kier alpha value is -1.68. The predicted octanol–water partition coefficient (Wildman–Crippen LogP) is 3.64. The molecule has 2 saturated heterocycles. The number of hydrogen-bond donors (Lipinski definition) is 1. The van der Waals surface area contributed by atoms with Crippen LogP contribution in [0.15, 0.2) is 60.7 Å². The molecule has 0 amide bonds. The van der Waals surface area contributed by atoms with E-state index in [9.17, 15) is 0 Å². The lowest BCUT2D eigenvalue weighted by Gasteiger charge is -2.44. The van der Waals surface area contributed by atoms with Gasteiger partial charge in [-0.3, -0.25) is 0 Å². The van der Waals surface area contributed by atoms with Crippen LogP contribution in [0.2, 0.25) is 0 Å². The highest BCUT2D eigenvalue weighted by molar-refractivity contribution is 5.21. The summed E-state index contributed by atoms with van der Waals surface area (Å²) in [6, 6.07) is 21.4. The summed E-state index contributed by atoms with van der Waals surface area (Å²) in [4.78, 5) is 0. The molecule has 1 spiro atoms. The maximum atomic E-state index is 6.17.